The van der Waals surface area contributed by atoms with E-state index < -0.39 is 4.92 Å². The van der Waals surface area contributed by atoms with Gasteiger partial charge < -0.3 is 4.90 Å². The molecule has 2 amide bonds. The molecule has 1 fully saturated rings. The highest BCUT2D eigenvalue weighted by molar-refractivity contribution is 6.35. The van der Waals surface area contributed by atoms with Crippen molar-refractivity contribution < 1.29 is 14.5 Å². The molecule has 28 heavy (non-hydrogen) atoms. The fourth-order valence-corrected chi connectivity index (χ4v) is 3.62. The number of nitrogens with zero attached hydrogens (tertiary/aromatic N) is 4. The number of pyridine rings is 1. The fourth-order valence-electron chi connectivity index (χ4n) is 3.62. The van der Waals surface area contributed by atoms with Crippen molar-refractivity contribution >= 4 is 23.1 Å². The van der Waals surface area contributed by atoms with Crippen molar-refractivity contribution in [2.24, 2.45) is 0 Å². The number of amides is 2. The highest BCUT2D eigenvalue weighted by atomic mass is 16.6. The second-order valence-corrected chi connectivity index (χ2v) is 6.77. The molecule has 0 bridgehead atoms. The van der Waals surface area contributed by atoms with E-state index in [4.69, 9.17) is 0 Å². The zero-order chi connectivity index (χ0) is 19.7. The van der Waals surface area contributed by atoms with Crippen molar-refractivity contribution in [2.75, 3.05) is 13.1 Å². The van der Waals surface area contributed by atoms with Gasteiger partial charge in [0.2, 0.25) is 0 Å². The molecule has 4 rings (SSSR count). The molecule has 8 heteroatoms. The van der Waals surface area contributed by atoms with Crippen LogP contribution in [0.1, 0.15) is 24.0 Å². The lowest BCUT2D eigenvalue weighted by Crippen LogP contribution is -2.34. The topological polar surface area (TPSA) is 96.6 Å². The van der Waals surface area contributed by atoms with E-state index in [0.29, 0.717) is 29.9 Å². The summed E-state index contributed by atoms with van der Waals surface area (Å²) in [5, 5.41) is 10.9. The number of rotatable bonds is 5. The summed E-state index contributed by atoms with van der Waals surface area (Å²) in [6.45, 7) is 1.59. The van der Waals surface area contributed by atoms with Crippen LogP contribution >= 0.6 is 0 Å². The maximum Gasteiger partial charge on any atom is 0.278 e. The van der Waals surface area contributed by atoms with E-state index in [1.54, 1.807) is 24.5 Å². The molecule has 0 atom stereocenters. The van der Waals surface area contributed by atoms with Crippen LogP contribution in [-0.2, 0) is 16.1 Å². The number of benzene rings is 1. The van der Waals surface area contributed by atoms with Crippen LogP contribution in [0.3, 0.4) is 0 Å². The van der Waals surface area contributed by atoms with Gasteiger partial charge in [-0.25, -0.2) is 0 Å². The Morgan fingerprint density at radius 2 is 1.61 bits per heavy atom. The third-order valence-corrected chi connectivity index (χ3v) is 5.02. The summed E-state index contributed by atoms with van der Waals surface area (Å²) in [6.07, 6.45) is 5.16. The first-order valence-corrected chi connectivity index (χ1v) is 9.05. The normalized spacial score (nSPS) is 17.0. The average Bonchev–Trinajstić information content (AvgIpc) is 3.31. The van der Waals surface area contributed by atoms with Gasteiger partial charge in [0, 0.05) is 37.6 Å². The molecule has 0 saturated carbocycles. The van der Waals surface area contributed by atoms with Gasteiger partial charge in [0.15, 0.2) is 0 Å². The molecular formula is C20H18N4O4. The van der Waals surface area contributed by atoms with Gasteiger partial charge in [-0.1, -0.05) is 0 Å². The second kappa shape index (κ2) is 7.22. The number of nitro benzene ring substituents is 1. The lowest BCUT2D eigenvalue weighted by Gasteiger charge is -2.20. The number of likely N-dealkylation sites (tertiary alicyclic amines) is 1. The van der Waals surface area contributed by atoms with Crippen molar-refractivity contribution in [3.05, 3.63) is 75.7 Å². The van der Waals surface area contributed by atoms with Crippen LogP contribution in [0, 0.1) is 10.1 Å². The number of imide groups is 1. The molecule has 2 aromatic rings. The van der Waals surface area contributed by atoms with Gasteiger partial charge in [0.1, 0.15) is 5.70 Å². The Morgan fingerprint density at radius 3 is 2.21 bits per heavy atom. The molecule has 1 saturated heterocycles. The number of carbonyl (C=O) groups is 2. The third-order valence-electron chi connectivity index (χ3n) is 5.02. The van der Waals surface area contributed by atoms with Crippen molar-refractivity contribution in [3.63, 3.8) is 0 Å². The quantitative estimate of drug-likeness (QED) is 0.450. The van der Waals surface area contributed by atoms with E-state index in [-0.39, 0.29) is 24.0 Å². The van der Waals surface area contributed by atoms with Crippen LogP contribution < -0.4 is 0 Å². The first-order valence-electron chi connectivity index (χ1n) is 9.05. The zero-order valence-electron chi connectivity index (χ0n) is 15.1. The summed E-state index contributed by atoms with van der Waals surface area (Å²) in [4.78, 5) is 43.9. The van der Waals surface area contributed by atoms with Crippen LogP contribution in [0.4, 0.5) is 5.69 Å². The number of aromatic nitrogens is 1. The van der Waals surface area contributed by atoms with E-state index >= 15 is 0 Å². The van der Waals surface area contributed by atoms with Gasteiger partial charge in [-0.15, -0.1) is 0 Å². The molecule has 142 valence electrons. The van der Waals surface area contributed by atoms with E-state index in [1.165, 1.54) is 29.2 Å². The Morgan fingerprint density at radius 1 is 0.964 bits per heavy atom. The SMILES string of the molecule is O=C1C(c2ccc([N+](=O)[O-])cc2)=C(N2CCCC2)C(=O)N1Cc1ccncc1. The van der Waals surface area contributed by atoms with E-state index in [9.17, 15) is 19.7 Å². The van der Waals surface area contributed by atoms with Crippen LogP contribution in [0.5, 0.6) is 0 Å². The molecule has 1 aromatic carbocycles. The molecule has 8 nitrogen and oxygen atoms in total. The Kier molecular flexibility index (Phi) is 4.60. The van der Waals surface area contributed by atoms with Crippen LogP contribution in [0.25, 0.3) is 5.57 Å². The number of nitro groups is 1. The van der Waals surface area contributed by atoms with Crippen LogP contribution in [0.2, 0.25) is 0 Å². The summed E-state index contributed by atoms with van der Waals surface area (Å²) in [6, 6.07) is 9.30. The molecule has 0 aliphatic carbocycles. The summed E-state index contributed by atoms with van der Waals surface area (Å²) in [5.41, 5.74) is 1.98. The number of hydrogen-bond donors (Lipinski definition) is 0. The maximum absolute atomic E-state index is 13.2. The lowest BCUT2D eigenvalue weighted by molar-refractivity contribution is -0.384. The highest BCUT2D eigenvalue weighted by Gasteiger charge is 2.42. The smallest absolute Gasteiger partial charge is 0.278 e. The Labute approximate surface area is 161 Å². The third kappa shape index (κ3) is 3.13. The van der Waals surface area contributed by atoms with Gasteiger partial charge in [-0.05, 0) is 48.2 Å². The second-order valence-electron chi connectivity index (χ2n) is 6.77. The van der Waals surface area contributed by atoms with Gasteiger partial charge in [0.05, 0.1) is 17.0 Å². The molecule has 0 unspecified atom stereocenters. The predicted octanol–water partition coefficient (Wildman–Crippen LogP) is 2.37. The summed E-state index contributed by atoms with van der Waals surface area (Å²) >= 11 is 0. The van der Waals surface area contributed by atoms with Gasteiger partial charge in [-0.2, -0.15) is 0 Å². The molecule has 2 aliphatic rings. The highest BCUT2D eigenvalue weighted by Crippen LogP contribution is 2.34. The van der Waals surface area contributed by atoms with Crippen molar-refractivity contribution in [1.82, 2.24) is 14.8 Å². The molecule has 0 spiro atoms. The molecule has 3 heterocycles. The Balaban J connectivity index is 1.73. The molecular weight excluding hydrogens is 360 g/mol. The predicted molar refractivity (Wildman–Crippen MR) is 101 cm³/mol. The largest absolute Gasteiger partial charge is 0.366 e. The molecule has 1 aromatic heterocycles. The Hall–Kier alpha value is -3.55. The standard InChI is InChI=1S/C20H18N4O4/c25-19-17(15-3-5-16(6-4-15)24(27)28)18(22-11-1-2-12-22)20(26)23(19)13-14-7-9-21-10-8-14/h3-10H,1-2,11-13H2. The van der Waals surface area contributed by atoms with Crippen molar-refractivity contribution in [3.8, 4) is 0 Å². The first-order chi connectivity index (χ1) is 13.6. The van der Waals surface area contributed by atoms with E-state index in [1.807, 2.05) is 4.90 Å². The monoisotopic (exact) mass is 378 g/mol. The van der Waals surface area contributed by atoms with Gasteiger partial charge >= 0.3 is 0 Å². The molecule has 0 N–H and O–H groups in total. The van der Waals surface area contributed by atoms with Crippen LogP contribution in [0.15, 0.2) is 54.5 Å². The number of hydrogen-bond acceptors (Lipinski definition) is 6. The van der Waals surface area contributed by atoms with Gasteiger partial charge in [0.25, 0.3) is 17.5 Å². The Bertz CT molecular complexity index is 963. The minimum Gasteiger partial charge on any atom is -0.366 e. The fraction of sp³-hybridized carbons (Fsp3) is 0.250. The van der Waals surface area contributed by atoms with E-state index in [0.717, 1.165) is 18.4 Å². The van der Waals surface area contributed by atoms with Crippen molar-refractivity contribution in [2.45, 2.75) is 19.4 Å². The van der Waals surface area contributed by atoms with Crippen LogP contribution in [-0.4, -0.2) is 44.6 Å². The molecule has 2 aliphatic heterocycles. The van der Waals surface area contributed by atoms with Gasteiger partial charge in [-0.3, -0.25) is 29.6 Å². The summed E-state index contributed by atoms with van der Waals surface area (Å²) in [5.74, 6) is -0.699. The minimum atomic E-state index is -0.489. The number of carbonyl (C=O) groups excluding carboxylic acids is 2. The average molecular weight is 378 g/mol. The summed E-state index contributed by atoms with van der Waals surface area (Å²) < 4.78 is 0. The lowest BCUT2D eigenvalue weighted by atomic mass is 10.0. The minimum absolute atomic E-state index is 0.0579. The molecule has 0 radical (unpaired) electrons. The summed E-state index contributed by atoms with van der Waals surface area (Å²) in [7, 11) is 0. The first kappa shape index (κ1) is 17.8. The van der Waals surface area contributed by atoms with E-state index in [2.05, 4.69) is 4.98 Å². The number of non-ortho nitro benzene ring substituents is 1. The zero-order valence-corrected chi connectivity index (χ0v) is 15.1. The maximum atomic E-state index is 13.2. The van der Waals surface area contributed by atoms with Crippen molar-refractivity contribution in [1.29, 1.82) is 0 Å².